The highest BCUT2D eigenvalue weighted by Gasteiger charge is 2.26. The number of nitrogens with zero attached hydrogens (tertiary/aromatic N) is 1. The summed E-state index contributed by atoms with van der Waals surface area (Å²) in [5, 5.41) is -1.30. The maximum atomic E-state index is 12.6. The van der Waals surface area contributed by atoms with Gasteiger partial charge in [-0.15, -0.1) is 0 Å². The molecule has 0 aliphatic heterocycles. The zero-order valence-corrected chi connectivity index (χ0v) is 8.94. The number of halogens is 4. The fraction of sp³-hybridized carbons (Fsp3) is 0.250. The maximum Gasteiger partial charge on any atom is 0.269 e. The molecule has 0 N–H and O–H groups in total. The zero-order valence-electron chi connectivity index (χ0n) is 7.43. The van der Waals surface area contributed by atoms with Crippen molar-refractivity contribution < 1.29 is 18.3 Å². The molecule has 0 radical (unpaired) electrons. The summed E-state index contributed by atoms with van der Waals surface area (Å²) in [4.78, 5) is 14.4. The number of hydrogen-bond acceptors (Lipinski definition) is 3. The predicted octanol–water partition coefficient (Wildman–Crippen LogP) is 3.06. The van der Waals surface area contributed by atoms with E-state index in [9.17, 15) is 13.6 Å². The second-order valence-corrected chi connectivity index (χ2v) is 3.23. The molecule has 3 nitrogen and oxygen atoms in total. The largest absolute Gasteiger partial charge is 0.481 e. The first kappa shape index (κ1) is 12.1. The van der Waals surface area contributed by atoms with Crippen molar-refractivity contribution >= 4 is 28.4 Å². The van der Waals surface area contributed by atoms with Gasteiger partial charge in [0.1, 0.15) is 0 Å². The molecule has 0 bridgehead atoms. The molecule has 0 spiro atoms. The van der Waals surface area contributed by atoms with Crippen LogP contribution in [0, 0.1) is 0 Å². The van der Waals surface area contributed by atoms with Gasteiger partial charge in [-0.25, -0.2) is 13.8 Å². The Balaban J connectivity index is 3.51. The minimum atomic E-state index is -2.94. The van der Waals surface area contributed by atoms with Gasteiger partial charge in [-0.2, -0.15) is 0 Å². The van der Waals surface area contributed by atoms with Gasteiger partial charge >= 0.3 is 0 Å². The summed E-state index contributed by atoms with van der Waals surface area (Å²) >= 11 is 10.7. The lowest BCUT2D eigenvalue weighted by molar-refractivity contribution is 0.106. The van der Waals surface area contributed by atoms with Gasteiger partial charge in [0.05, 0.1) is 29.5 Å². The van der Waals surface area contributed by atoms with E-state index in [-0.39, 0.29) is 10.9 Å². The summed E-state index contributed by atoms with van der Waals surface area (Å²) in [7, 11) is 1.16. The Hall–Kier alpha value is -0.940. The normalized spacial score (nSPS) is 10.5. The van der Waals surface area contributed by atoms with Gasteiger partial charge in [-0.3, -0.25) is 4.79 Å². The van der Waals surface area contributed by atoms with E-state index in [0.717, 1.165) is 13.3 Å². The summed E-state index contributed by atoms with van der Waals surface area (Å²) in [5.41, 5.74) is -1.16. The molecule has 0 amide bonds. The van der Waals surface area contributed by atoms with Crippen LogP contribution in [-0.2, 0) is 0 Å². The minimum Gasteiger partial charge on any atom is -0.481 e. The summed E-state index contributed by atoms with van der Waals surface area (Å²) in [6.07, 6.45) is -1.91. The quantitative estimate of drug-likeness (QED) is 0.780. The molecule has 0 fully saturated rings. The third-order valence-electron chi connectivity index (χ3n) is 1.64. The van der Waals surface area contributed by atoms with Crippen LogP contribution in [0.5, 0.6) is 5.88 Å². The number of carbonyl (C=O) groups is 1. The number of alkyl halides is 2. The van der Waals surface area contributed by atoms with E-state index >= 15 is 0 Å². The Kier molecular flexibility index (Phi) is 3.82. The number of ether oxygens (including phenoxy) is 1. The molecule has 7 heteroatoms. The highest BCUT2D eigenvalue weighted by atomic mass is 35.5. The molecule has 82 valence electrons. The van der Waals surface area contributed by atoms with Gasteiger partial charge in [-0.05, 0) is 11.6 Å². The van der Waals surface area contributed by atoms with Crippen molar-refractivity contribution in [2.45, 2.75) is 6.43 Å². The lowest BCUT2D eigenvalue weighted by Gasteiger charge is -2.10. The van der Waals surface area contributed by atoms with Crippen LogP contribution in [0.1, 0.15) is 22.3 Å². The zero-order chi connectivity index (χ0) is 11.6. The van der Waals surface area contributed by atoms with Crippen LogP contribution in [0.2, 0.25) is 5.02 Å². The Morgan fingerprint density at radius 3 is 2.60 bits per heavy atom. The molecule has 1 heterocycles. The molecule has 1 aromatic heterocycles. The van der Waals surface area contributed by atoms with Crippen molar-refractivity contribution in [2.75, 3.05) is 7.11 Å². The molecule has 0 saturated heterocycles. The van der Waals surface area contributed by atoms with Crippen molar-refractivity contribution in [3.8, 4) is 5.88 Å². The van der Waals surface area contributed by atoms with E-state index in [1.54, 1.807) is 0 Å². The summed E-state index contributed by atoms with van der Waals surface area (Å²) in [5.74, 6) is -0.363. The van der Waals surface area contributed by atoms with Crippen molar-refractivity contribution in [3.05, 3.63) is 22.3 Å². The molecule has 1 aromatic rings. The van der Waals surface area contributed by atoms with Crippen LogP contribution in [0.15, 0.2) is 6.20 Å². The van der Waals surface area contributed by atoms with E-state index in [4.69, 9.17) is 23.2 Å². The second kappa shape index (κ2) is 4.72. The number of aromatic nitrogens is 1. The number of pyridine rings is 1. The molecular weight excluding hydrogens is 251 g/mol. The first-order valence-electron chi connectivity index (χ1n) is 3.69. The van der Waals surface area contributed by atoms with E-state index in [1.165, 1.54) is 0 Å². The van der Waals surface area contributed by atoms with Crippen molar-refractivity contribution in [1.29, 1.82) is 0 Å². The standard InChI is InChI=1S/C8H5Cl2F2NO2/c1-15-8-5(7(11)12)4(6(10)14)3(9)2-13-8/h2,7H,1H3. The van der Waals surface area contributed by atoms with Crippen molar-refractivity contribution in [1.82, 2.24) is 4.98 Å². The van der Waals surface area contributed by atoms with Crippen LogP contribution in [0.4, 0.5) is 8.78 Å². The second-order valence-electron chi connectivity index (χ2n) is 2.48. The topological polar surface area (TPSA) is 39.2 Å². The van der Waals surface area contributed by atoms with Crippen molar-refractivity contribution in [3.63, 3.8) is 0 Å². The van der Waals surface area contributed by atoms with Gasteiger partial charge in [0, 0.05) is 0 Å². The predicted molar refractivity (Wildman–Crippen MR) is 50.9 cm³/mol. The minimum absolute atomic E-state index is 0.230. The molecule has 0 aromatic carbocycles. The van der Waals surface area contributed by atoms with Gasteiger partial charge < -0.3 is 4.74 Å². The van der Waals surface area contributed by atoms with Gasteiger partial charge in [-0.1, -0.05) is 11.6 Å². The van der Waals surface area contributed by atoms with Gasteiger partial charge in [0.2, 0.25) is 5.88 Å². The summed E-state index contributed by atoms with van der Waals surface area (Å²) < 4.78 is 29.8. The summed E-state index contributed by atoms with van der Waals surface area (Å²) in [6.45, 7) is 0. The van der Waals surface area contributed by atoms with Crippen LogP contribution >= 0.6 is 23.2 Å². The molecule has 1 rings (SSSR count). The molecule has 0 aliphatic rings. The third kappa shape index (κ3) is 2.35. The number of carbonyl (C=O) groups excluding carboxylic acids is 1. The Morgan fingerprint density at radius 1 is 1.60 bits per heavy atom. The summed E-state index contributed by atoms with van der Waals surface area (Å²) in [6, 6.07) is 0. The lowest BCUT2D eigenvalue weighted by atomic mass is 10.1. The molecule has 0 atom stereocenters. The maximum absolute atomic E-state index is 12.6. The van der Waals surface area contributed by atoms with E-state index in [1.807, 2.05) is 0 Å². The lowest BCUT2D eigenvalue weighted by Crippen LogP contribution is -2.04. The number of methoxy groups -OCH3 is 1. The fourth-order valence-corrected chi connectivity index (χ4v) is 1.54. The molecule has 15 heavy (non-hydrogen) atoms. The van der Waals surface area contributed by atoms with Gasteiger partial charge in [0.25, 0.3) is 11.7 Å². The van der Waals surface area contributed by atoms with Crippen LogP contribution < -0.4 is 4.74 Å². The number of rotatable bonds is 3. The highest BCUT2D eigenvalue weighted by molar-refractivity contribution is 6.69. The Labute approximate surface area is 94.0 Å². The first-order valence-corrected chi connectivity index (χ1v) is 4.45. The number of hydrogen-bond donors (Lipinski definition) is 0. The van der Waals surface area contributed by atoms with E-state index < -0.39 is 22.8 Å². The Bertz CT molecular complexity index is 398. The van der Waals surface area contributed by atoms with Gasteiger partial charge in [0.15, 0.2) is 0 Å². The average Bonchev–Trinajstić information content (AvgIpc) is 2.16. The van der Waals surface area contributed by atoms with Crippen LogP contribution in [-0.4, -0.2) is 17.3 Å². The fourth-order valence-electron chi connectivity index (χ4n) is 1.05. The molecule has 0 saturated carbocycles. The van der Waals surface area contributed by atoms with Crippen LogP contribution in [0.25, 0.3) is 0 Å². The first-order chi connectivity index (χ1) is 6.99. The monoisotopic (exact) mass is 255 g/mol. The smallest absolute Gasteiger partial charge is 0.269 e. The van der Waals surface area contributed by atoms with Crippen LogP contribution in [0.3, 0.4) is 0 Å². The Morgan fingerprint density at radius 2 is 2.20 bits per heavy atom. The van der Waals surface area contributed by atoms with Crippen molar-refractivity contribution in [2.24, 2.45) is 0 Å². The van der Waals surface area contributed by atoms with E-state index in [2.05, 4.69) is 9.72 Å². The SMILES string of the molecule is COc1ncc(Cl)c(C(=O)Cl)c1C(F)F. The average molecular weight is 256 g/mol. The molecule has 0 unspecified atom stereocenters. The molecule has 0 aliphatic carbocycles. The highest BCUT2D eigenvalue weighted by Crippen LogP contribution is 2.35. The third-order valence-corrected chi connectivity index (χ3v) is 2.12. The van der Waals surface area contributed by atoms with E-state index in [0.29, 0.717) is 0 Å². The molecular formula is C8H5Cl2F2NO2.